The van der Waals surface area contributed by atoms with E-state index in [1.165, 1.54) is 18.2 Å². The number of aliphatic hydroxyl groups is 1. The summed E-state index contributed by atoms with van der Waals surface area (Å²) in [5.74, 6) is -1.07. The van der Waals surface area contributed by atoms with Gasteiger partial charge in [-0.25, -0.2) is 13.8 Å². The Hall–Kier alpha value is -3.23. The van der Waals surface area contributed by atoms with Crippen molar-refractivity contribution in [2.75, 3.05) is 11.9 Å². The Morgan fingerprint density at radius 1 is 1.14 bits per heavy atom. The first-order valence-electron chi connectivity index (χ1n) is 12.7. The number of rotatable bonds is 8. The van der Waals surface area contributed by atoms with E-state index in [2.05, 4.69) is 22.2 Å². The Balaban J connectivity index is 0.00000186. The number of nitrogens with one attached hydrogen (secondary N) is 1. The summed E-state index contributed by atoms with van der Waals surface area (Å²) in [5.41, 5.74) is 2.72. The molecule has 6 nitrogen and oxygen atoms in total. The summed E-state index contributed by atoms with van der Waals surface area (Å²) in [7, 11) is 0. The number of halogens is 2. The molecule has 1 aliphatic rings. The van der Waals surface area contributed by atoms with Crippen molar-refractivity contribution in [1.29, 1.82) is 0 Å². The molecule has 4 atom stereocenters. The Kier molecular flexibility index (Phi) is 10.2. The van der Waals surface area contributed by atoms with E-state index in [1.54, 1.807) is 31.5 Å². The van der Waals surface area contributed by atoms with Gasteiger partial charge < -0.3 is 15.2 Å². The minimum atomic E-state index is -0.602. The number of carbonyl (C=O) groups is 1. The van der Waals surface area contributed by atoms with Gasteiger partial charge in [0.25, 0.3) is 0 Å². The molecule has 0 bridgehead atoms. The molecule has 3 unspecified atom stereocenters. The van der Waals surface area contributed by atoms with Gasteiger partial charge in [0, 0.05) is 30.0 Å². The Labute approximate surface area is 217 Å². The fourth-order valence-corrected chi connectivity index (χ4v) is 5.10. The Morgan fingerprint density at radius 3 is 2.65 bits per heavy atom. The maximum Gasteiger partial charge on any atom is 0.211 e. The number of benzene rings is 1. The third-order valence-electron chi connectivity index (χ3n) is 6.88. The lowest BCUT2D eigenvalue weighted by Gasteiger charge is -2.40. The number of aryl methyl sites for hydroxylation is 1. The highest BCUT2D eigenvalue weighted by Crippen LogP contribution is 2.43. The maximum absolute atomic E-state index is 14.9. The molecule has 198 valence electrons. The second-order valence-corrected chi connectivity index (χ2v) is 9.12. The van der Waals surface area contributed by atoms with E-state index in [0.29, 0.717) is 29.8 Å². The van der Waals surface area contributed by atoms with Gasteiger partial charge >= 0.3 is 0 Å². The van der Waals surface area contributed by atoms with Crippen molar-refractivity contribution < 1.29 is 23.4 Å². The number of aromatic nitrogens is 2. The first kappa shape index (κ1) is 28.3. The summed E-state index contributed by atoms with van der Waals surface area (Å²) in [6.07, 6.45) is 5.02. The number of anilines is 1. The first-order chi connectivity index (χ1) is 17.9. The quantitative estimate of drug-likeness (QED) is 0.361. The molecule has 4 rings (SSSR count). The van der Waals surface area contributed by atoms with E-state index < -0.39 is 11.6 Å². The van der Waals surface area contributed by atoms with E-state index in [4.69, 9.17) is 4.74 Å². The summed E-state index contributed by atoms with van der Waals surface area (Å²) in [5, 5.41) is 12.8. The molecule has 2 heterocycles. The monoisotopic (exact) mass is 511 g/mol. The lowest BCUT2D eigenvalue weighted by Crippen LogP contribution is -2.38. The highest BCUT2D eigenvalue weighted by Gasteiger charge is 2.37. The third-order valence-corrected chi connectivity index (χ3v) is 6.88. The number of ether oxygens (including phenoxy) is 1. The second-order valence-electron chi connectivity index (χ2n) is 9.12. The van der Waals surface area contributed by atoms with Crippen LogP contribution in [0.15, 0.2) is 48.8 Å². The molecule has 8 heteroatoms. The second kappa shape index (κ2) is 13.4. The number of hydrogen-bond acceptors (Lipinski definition) is 5. The number of amides is 1. The molecule has 1 aromatic carbocycles. The van der Waals surface area contributed by atoms with Crippen LogP contribution < -0.4 is 5.32 Å². The molecule has 1 fully saturated rings. The average molecular weight is 512 g/mol. The van der Waals surface area contributed by atoms with Gasteiger partial charge in [0.1, 0.15) is 17.3 Å². The van der Waals surface area contributed by atoms with Crippen LogP contribution in [0.25, 0.3) is 11.3 Å². The molecule has 1 saturated carbocycles. The zero-order valence-electron chi connectivity index (χ0n) is 21.7. The van der Waals surface area contributed by atoms with Crippen LogP contribution >= 0.6 is 0 Å². The number of pyridine rings is 2. The SMILES string of the molecule is CC.Cc1ccc(F)c(-c2c(F)cccc2COC2CC(c3ccncc3NC=O)CC(C)[C@H]2CO)n1. The molecule has 2 aromatic heterocycles. The number of carbonyl (C=O) groups excluding carboxylic acids is 1. The zero-order valence-corrected chi connectivity index (χ0v) is 21.7. The van der Waals surface area contributed by atoms with Gasteiger partial charge in [-0.2, -0.15) is 0 Å². The number of aliphatic hydroxyl groups excluding tert-OH is 1. The molecule has 1 aliphatic carbocycles. The third kappa shape index (κ3) is 6.56. The van der Waals surface area contributed by atoms with Crippen molar-refractivity contribution in [2.45, 2.75) is 59.2 Å². The van der Waals surface area contributed by atoms with E-state index >= 15 is 0 Å². The summed E-state index contributed by atoms with van der Waals surface area (Å²) in [4.78, 5) is 19.4. The van der Waals surface area contributed by atoms with Crippen molar-refractivity contribution in [3.05, 3.63) is 77.2 Å². The van der Waals surface area contributed by atoms with Crippen molar-refractivity contribution in [2.24, 2.45) is 11.8 Å². The van der Waals surface area contributed by atoms with E-state index in [0.717, 1.165) is 12.0 Å². The van der Waals surface area contributed by atoms with Crippen LogP contribution in [0.4, 0.5) is 14.5 Å². The Morgan fingerprint density at radius 2 is 1.92 bits per heavy atom. The maximum atomic E-state index is 14.9. The van der Waals surface area contributed by atoms with Crippen LogP contribution in [0, 0.1) is 30.4 Å². The van der Waals surface area contributed by atoms with Gasteiger partial charge in [-0.1, -0.05) is 32.9 Å². The summed E-state index contributed by atoms with van der Waals surface area (Å²) < 4.78 is 35.8. The van der Waals surface area contributed by atoms with Gasteiger partial charge in [0.2, 0.25) is 6.41 Å². The molecule has 2 N–H and O–H groups in total. The first-order valence-corrected chi connectivity index (χ1v) is 12.7. The molecular formula is C29H35F2N3O3. The Bertz CT molecular complexity index is 1190. The normalized spacial score (nSPS) is 21.1. The minimum Gasteiger partial charge on any atom is -0.396 e. The van der Waals surface area contributed by atoms with Gasteiger partial charge in [-0.3, -0.25) is 9.78 Å². The fourth-order valence-electron chi connectivity index (χ4n) is 5.10. The van der Waals surface area contributed by atoms with Gasteiger partial charge in [-0.05, 0) is 67.0 Å². The minimum absolute atomic E-state index is 0.0402. The van der Waals surface area contributed by atoms with Crippen LogP contribution in [-0.4, -0.2) is 34.2 Å². The molecule has 3 aromatic rings. The van der Waals surface area contributed by atoms with Gasteiger partial charge in [0.05, 0.1) is 24.6 Å². The summed E-state index contributed by atoms with van der Waals surface area (Å²) in [6, 6.07) is 9.25. The molecule has 1 amide bonds. The lowest BCUT2D eigenvalue weighted by molar-refractivity contribution is -0.105. The zero-order chi connectivity index (χ0) is 26.9. The topological polar surface area (TPSA) is 84.3 Å². The predicted molar refractivity (Wildman–Crippen MR) is 140 cm³/mol. The van der Waals surface area contributed by atoms with Crippen LogP contribution in [0.1, 0.15) is 56.4 Å². The van der Waals surface area contributed by atoms with Crippen LogP contribution in [0.2, 0.25) is 0 Å². The van der Waals surface area contributed by atoms with Crippen molar-refractivity contribution >= 4 is 12.1 Å². The van der Waals surface area contributed by atoms with E-state index in [1.807, 2.05) is 19.9 Å². The van der Waals surface area contributed by atoms with Crippen LogP contribution in [-0.2, 0) is 16.1 Å². The van der Waals surface area contributed by atoms with E-state index in [-0.39, 0.29) is 48.3 Å². The highest BCUT2D eigenvalue weighted by molar-refractivity contribution is 5.73. The molecule has 37 heavy (non-hydrogen) atoms. The summed E-state index contributed by atoms with van der Waals surface area (Å²) in [6.45, 7) is 7.79. The summed E-state index contributed by atoms with van der Waals surface area (Å²) >= 11 is 0. The van der Waals surface area contributed by atoms with Crippen molar-refractivity contribution in [3.63, 3.8) is 0 Å². The molecule has 0 saturated heterocycles. The van der Waals surface area contributed by atoms with Crippen LogP contribution in [0.3, 0.4) is 0 Å². The number of nitrogens with zero attached hydrogens (tertiary/aromatic N) is 2. The van der Waals surface area contributed by atoms with Gasteiger partial charge in [0.15, 0.2) is 0 Å². The fraction of sp³-hybridized carbons (Fsp3) is 0.414. The van der Waals surface area contributed by atoms with Crippen molar-refractivity contribution in [3.8, 4) is 11.3 Å². The van der Waals surface area contributed by atoms with Crippen LogP contribution in [0.5, 0.6) is 0 Å². The molecule has 0 radical (unpaired) electrons. The predicted octanol–water partition coefficient (Wildman–Crippen LogP) is 6.03. The molecule has 0 spiro atoms. The number of hydrogen-bond donors (Lipinski definition) is 2. The average Bonchev–Trinajstić information content (AvgIpc) is 2.90. The largest absolute Gasteiger partial charge is 0.396 e. The lowest BCUT2D eigenvalue weighted by atomic mass is 9.71. The molecular weight excluding hydrogens is 476 g/mol. The highest BCUT2D eigenvalue weighted by atomic mass is 19.1. The van der Waals surface area contributed by atoms with Gasteiger partial charge in [-0.15, -0.1) is 0 Å². The standard InChI is InChI=1S/C27H29F2N3O3.C2H6/c1-16-10-19(20-8-9-30-12-24(20)31-15-34)11-25(21(16)13-33)35-14-18-4-3-5-22(28)26(18)27-23(29)7-6-17(2)32-27;1-2/h3-9,12,15-16,19,21,25,33H,10-11,13-14H2,1-2H3,(H,31,34);1-2H3/t16?,19?,21-,25?;/m1./s1. The smallest absolute Gasteiger partial charge is 0.211 e. The van der Waals surface area contributed by atoms with E-state index in [9.17, 15) is 18.7 Å². The van der Waals surface area contributed by atoms with Crippen molar-refractivity contribution in [1.82, 2.24) is 9.97 Å². The molecule has 0 aliphatic heterocycles.